The molecule has 2 saturated heterocycles. The number of rotatable bonds is 11. The molecule has 0 aliphatic carbocycles. The zero-order valence-corrected chi connectivity index (χ0v) is 33.7. The number of H-pyrrole nitrogens is 1. The summed E-state index contributed by atoms with van der Waals surface area (Å²) in [5, 5.41) is 3.12. The first-order chi connectivity index (χ1) is 28.1. The molecule has 0 spiro atoms. The molecular formula is C46H50N8O4. The zero-order chi connectivity index (χ0) is 40.5. The summed E-state index contributed by atoms with van der Waals surface area (Å²) in [6.45, 7) is 3.15. The number of fused-ring (bicyclic) bond motifs is 1. The van der Waals surface area contributed by atoms with Crippen molar-refractivity contribution in [2.24, 2.45) is 0 Å². The van der Waals surface area contributed by atoms with Crippen molar-refractivity contribution >= 4 is 34.4 Å². The number of likely N-dealkylation sites (tertiary alicyclic amines) is 2. The summed E-state index contributed by atoms with van der Waals surface area (Å²) in [7, 11) is 7.66. The van der Waals surface area contributed by atoms with Gasteiger partial charge in [0.2, 0.25) is 23.6 Å². The number of imidazole rings is 1. The van der Waals surface area contributed by atoms with E-state index in [0.29, 0.717) is 42.4 Å². The monoisotopic (exact) mass is 778 g/mol. The van der Waals surface area contributed by atoms with Crippen LogP contribution in [0.15, 0.2) is 108 Å². The molecule has 2 aliphatic rings. The number of oxazole rings is 1. The van der Waals surface area contributed by atoms with E-state index in [-0.39, 0.29) is 29.8 Å². The smallest absolute Gasteiger partial charge is 0.247 e. The lowest BCUT2D eigenvalue weighted by Gasteiger charge is -2.31. The number of nitrogens with zero attached hydrogens (tertiary/aromatic N) is 6. The van der Waals surface area contributed by atoms with Crippen molar-refractivity contribution in [3.63, 3.8) is 0 Å². The maximum absolute atomic E-state index is 14.0. The van der Waals surface area contributed by atoms with E-state index < -0.39 is 12.1 Å². The van der Waals surface area contributed by atoms with E-state index in [2.05, 4.69) is 15.3 Å². The minimum absolute atomic E-state index is 0.0699. The van der Waals surface area contributed by atoms with Gasteiger partial charge in [-0.25, -0.2) is 9.97 Å². The predicted octanol–water partition coefficient (Wildman–Crippen LogP) is 7.39. The number of likely N-dealkylation sites (N-methyl/N-ethyl adjacent to an activating group) is 2. The topological polar surface area (TPSA) is 131 Å². The standard InChI is InChI=1S/C46H50N8O4/c1-29-20-21-33(27-35(29)50-43(55)38-19-13-25-54(38)46(57)41(52(4)5)31-16-10-7-11-17-31)44-47-28-39(58-44)32-22-23-34-36(26-32)49-42(48-34)37-18-12-24-53(37)45(56)40(51(2)3)30-14-8-6-9-15-30/h6-11,14-17,20-23,26-28,37-38,40-41H,12-13,18-19,24-25H2,1-5H3,(H,48,49)(H,50,55). The van der Waals surface area contributed by atoms with Crippen LogP contribution in [-0.4, -0.2) is 99.6 Å². The van der Waals surface area contributed by atoms with Crippen LogP contribution in [0.2, 0.25) is 0 Å². The molecule has 8 rings (SSSR count). The average Bonchev–Trinajstić information content (AvgIpc) is 4.05. The number of benzene rings is 4. The van der Waals surface area contributed by atoms with Gasteiger partial charge in [-0.05, 0) is 108 Å². The highest BCUT2D eigenvalue weighted by Crippen LogP contribution is 2.36. The number of aryl methyl sites for hydroxylation is 1. The number of carbonyl (C=O) groups excluding carboxylic acids is 3. The second-order valence-corrected chi connectivity index (χ2v) is 15.8. The van der Waals surface area contributed by atoms with Gasteiger partial charge in [0.15, 0.2) is 5.76 Å². The molecule has 2 N–H and O–H groups in total. The number of hydrogen-bond acceptors (Lipinski definition) is 8. The molecule has 0 saturated carbocycles. The lowest BCUT2D eigenvalue weighted by Crippen LogP contribution is -2.47. The van der Waals surface area contributed by atoms with Crippen molar-refractivity contribution in [1.82, 2.24) is 34.6 Å². The summed E-state index contributed by atoms with van der Waals surface area (Å²) < 4.78 is 6.32. The third kappa shape index (κ3) is 7.65. The summed E-state index contributed by atoms with van der Waals surface area (Å²) in [6, 6.07) is 29.6. The van der Waals surface area contributed by atoms with Gasteiger partial charge >= 0.3 is 0 Å². The molecular weight excluding hydrogens is 729 g/mol. The van der Waals surface area contributed by atoms with Crippen LogP contribution in [0.1, 0.15) is 66.3 Å². The van der Waals surface area contributed by atoms with Gasteiger partial charge in [-0.15, -0.1) is 0 Å². The number of nitrogens with one attached hydrogen (secondary N) is 2. The van der Waals surface area contributed by atoms with Crippen molar-refractivity contribution in [3.8, 4) is 22.8 Å². The molecule has 4 unspecified atom stereocenters. The minimum Gasteiger partial charge on any atom is -0.436 e. The molecule has 2 aliphatic heterocycles. The molecule has 6 aromatic rings. The molecule has 2 aromatic heterocycles. The van der Waals surface area contributed by atoms with Gasteiger partial charge < -0.3 is 24.5 Å². The second kappa shape index (κ2) is 16.4. The van der Waals surface area contributed by atoms with E-state index in [9.17, 15) is 14.4 Å². The van der Waals surface area contributed by atoms with E-state index in [4.69, 9.17) is 9.40 Å². The Morgan fingerprint density at radius 1 is 0.776 bits per heavy atom. The number of aromatic nitrogens is 3. The molecule has 0 radical (unpaired) electrons. The number of anilines is 1. The molecule has 3 amide bonds. The third-order valence-electron chi connectivity index (χ3n) is 11.5. The van der Waals surface area contributed by atoms with Gasteiger partial charge in [0.05, 0.1) is 23.3 Å². The molecule has 4 aromatic carbocycles. The highest BCUT2D eigenvalue weighted by Gasteiger charge is 2.39. The van der Waals surface area contributed by atoms with E-state index in [1.807, 2.05) is 147 Å². The summed E-state index contributed by atoms with van der Waals surface area (Å²) in [6.07, 6.45) is 4.79. The fraction of sp³-hybridized carbons (Fsp3) is 0.326. The predicted molar refractivity (Wildman–Crippen MR) is 225 cm³/mol. The average molecular weight is 779 g/mol. The quantitative estimate of drug-likeness (QED) is 0.139. The molecule has 12 heteroatoms. The van der Waals surface area contributed by atoms with Crippen LogP contribution < -0.4 is 5.32 Å². The fourth-order valence-corrected chi connectivity index (χ4v) is 8.51. The Morgan fingerprint density at radius 3 is 2.07 bits per heavy atom. The van der Waals surface area contributed by atoms with Crippen LogP contribution in [0.25, 0.3) is 33.8 Å². The van der Waals surface area contributed by atoms with Crippen LogP contribution >= 0.6 is 0 Å². The van der Waals surface area contributed by atoms with Gasteiger partial charge in [0, 0.05) is 29.9 Å². The van der Waals surface area contributed by atoms with E-state index in [1.54, 1.807) is 11.1 Å². The van der Waals surface area contributed by atoms with Gasteiger partial charge in [-0.3, -0.25) is 24.2 Å². The van der Waals surface area contributed by atoms with Crippen LogP contribution in [0.4, 0.5) is 5.69 Å². The molecule has 0 bridgehead atoms. The molecule has 12 nitrogen and oxygen atoms in total. The molecule has 298 valence electrons. The van der Waals surface area contributed by atoms with Crippen molar-refractivity contribution in [3.05, 3.63) is 126 Å². The van der Waals surface area contributed by atoms with Crippen molar-refractivity contribution < 1.29 is 18.8 Å². The van der Waals surface area contributed by atoms with Gasteiger partial charge in [-0.1, -0.05) is 66.7 Å². The first kappa shape index (κ1) is 38.7. The largest absolute Gasteiger partial charge is 0.436 e. The Bertz CT molecular complexity index is 2420. The van der Waals surface area contributed by atoms with Crippen LogP contribution in [0.5, 0.6) is 0 Å². The molecule has 58 heavy (non-hydrogen) atoms. The van der Waals surface area contributed by atoms with E-state index >= 15 is 0 Å². The van der Waals surface area contributed by atoms with E-state index in [1.165, 1.54) is 0 Å². The lowest BCUT2D eigenvalue weighted by atomic mass is 10.0. The number of carbonyl (C=O) groups is 3. The summed E-state index contributed by atoms with van der Waals surface area (Å²) in [5.74, 6) is 1.55. The fourth-order valence-electron chi connectivity index (χ4n) is 8.51. The first-order valence-corrected chi connectivity index (χ1v) is 20.0. The van der Waals surface area contributed by atoms with Gasteiger partial charge in [0.25, 0.3) is 0 Å². The third-order valence-corrected chi connectivity index (χ3v) is 11.5. The van der Waals surface area contributed by atoms with E-state index in [0.717, 1.165) is 58.4 Å². The van der Waals surface area contributed by atoms with Crippen LogP contribution in [0, 0.1) is 6.92 Å². The normalized spacial score (nSPS) is 18.0. The van der Waals surface area contributed by atoms with Crippen molar-refractivity contribution in [1.29, 1.82) is 0 Å². The Morgan fingerprint density at radius 2 is 1.40 bits per heavy atom. The Balaban J connectivity index is 0.977. The van der Waals surface area contributed by atoms with Crippen molar-refractivity contribution in [2.75, 3.05) is 46.6 Å². The van der Waals surface area contributed by atoms with Crippen LogP contribution in [-0.2, 0) is 14.4 Å². The Labute approximate surface area is 338 Å². The number of amides is 3. The summed E-state index contributed by atoms with van der Waals surface area (Å²) >= 11 is 0. The zero-order valence-electron chi connectivity index (χ0n) is 33.7. The SMILES string of the molecule is Cc1ccc(-c2ncc(-c3ccc4nc(C5CCCN5C(=O)C(c5ccccc5)N(C)C)[nH]c4c3)o2)cc1NC(=O)C1CCCN1C(=O)C(c1ccccc1)N(C)C. The Kier molecular flexibility index (Phi) is 11.0. The summed E-state index contributed by atoms with van der Waals surface area (Å²) in [4.78, 5) is 62.4. The van der Waals surface area contributed by atoms with Crippen molar-refractivity contribution in [2.45, 2.75) is 56.8 Å². The van der Waals surface area contributed by atoms with Gasteiger partial charge in [0.1, 0.15) is 23.9 Å². The lowest BCUT2D eigenvalue weighted by molar-refractivity contribution is -0.140. The molecule has 2 fully saturated rings. The summed E-state index contributed by atoms with van der Waals surface area (Å²) in [5.41, 5.74) is 6.59. The maximum atomic E-state index is 14.0. The van der Waals surface area contributed by atoms with Gasteiger partial charge in [-0.2, -0.15) is 0 Å². The first-order valence-electron chi connectivity index (χ1n) is 20.0. The van der Waals surface area contributed by atoms with Crippen LogP contribution in [0.3, 0.4) is 0 Å². The minimum atomic E-state index is -0.575. The Hall–Kier alpha value is -6.11. The second-order valence-electron chi connectivity index (χ2n) is 15.8. The highest BCUT2D eigenvalue weighted by atomic mass is 16.4. The number of hydrogen-bond donors (Lipinski definition) is 2. The number of aromatic amines is 1. The molecule has 4 atom stereocenters. The molecule has 4 heterocycles. The highest BCUT2D eigenvalue weighted by molar-refractivity contribution is 5.99. The maximum Gasteiger partial charge on any atom is 0.247 e.